The Morgan fingerprint density at radius 1 is 1.56 bits per heavy atom. The number of ether oxygens (including phenoxy) is 1. The van der Waals surface area contributed by atoms with Crippen molar-refractivity contribution in [1.82, 2.24) is 0 Å². The second-order valence-electron chi connectivity index (χ2n) is 4.77. The van der Waals surface area contributed by atoms with Crippen molar-refractivity contribution >= 4 is 5.97 Å². The van der Waals surface area contributed by atoms with Crippen LogP contribution in [0.5, 0.6) is 0 Å². The van der Waals surface area contributed by atoms with Crippen LogP contribution in [0, 0.1) is 0 Å². The van der Waals surface area contributed by atoms with Gasteiger partial charge in [-0.1, -0.05) is 24.3 Å². The van der Waals surface area contributed by atoms with Gasteiger partial charge in [0.1, 0.15) is 0 Å². The van der Waals surface area contributed by atoms with E-state index in [0.717, 1.165) is 25.2 Å². The molecule has 4 heteroatoms. The van der Waals surface area contributed by atoms with Gasteiger partial charge in [0.2, 0.25) is 0 Å². The molecule has 0 aromatic heterocycles. The lowest BCUT2D eigenvalue weighted by Crippen LogP contribution is -2.13. The molecular weight excluding hydrogens is 230 g/mol. The van der Waals surface area contributed by atoms with E-state index in [4.69, 9.17) is 15.6 Å². The lowest BCUT2D eigenvalue weighted by Gasteiger charge is -2.14. The van der Waals surface area contributed by atoms with Crippen LogP contribution in [0.1, 0.15) is 42.3 Å². The van der Waals surface area contributed by atoms with Gasteiger partial charge in [0, 0.05) is 25.0 Å². The highest BCUT2D eigenvalue weighted by Crippen LogP contribution is 2.27. The number of aliphatic carboxylic acids is 1. The van der Waals surface area contributed by atoms with E-state index < -0.39 is 5.97 Å². The van der Waals surface area contributed by atoms with Gasteiger partial charge in [-0.2, -0.15) is 0 Å². The Bertz CT molecular complexity index is 413. The Hall–Kier alpha value is -1.39. The first-order chi connectivity index (χ1) is 8.66. The predicted molar refractivity (Wildman–Crippen MR) is 68.4 cm³/mol. The van der Waals surface area contributed by atoms with Crippen LogP contribution >= 0.6 is 0 Å². The average molecular weight is 249 g/mol. The number of hydrogen-bond acceptors (Lipinski definition) is 3. The summed E-state index contributed by atoms with van der Waals surface area (Å²) in [7, 11) is 0. The second-order valence-corrected chi connectivity index (χ2v) is 4.77. The zero-order chi connectivity index (χ0) is 13.0. The Morgan fingerprint density at radius 3 is 3.06 bits per heavy atom. The monoisotopic (exact) mass is 249 g/mol. The fourth-order valence-corrected chi connectivity index (χ4v) is 2.29. The van der Waals surface area contributed by atoms with Crippen LogP contribution in [0.15, 0.2) is 24.3 Å². The van der Waals surface area contributed by atoms with Gasteiger partial charge in [-0.25, -0.2) is 0 Å². The second kappa shape index (κ2) is 5.98. The minimum absolute atomic E-state index is 0.109. The van der Waals surface area contributed by atoms with Gasteiger partial charge >= 0.3 is 5.97 Å². The summed E-state index contributed by atoms with van der Waals surface area (Å²) in [5, 5.41) is 8.66. The first-order valence-corrected chi connectivity index (χ1v) is 6.32. The van der Waals surface area contributed by atoms with E-state index in [1.807, 2.05) is 12.1 Å². The maximum atomic E-state index is 10.5. The van der Waals surface area contributed by atoms with Gasteiger partial charge in [0.25, 0.3) is 0 Å². The molecule has 1 heterocycles. The smallest absolute Gasteiger partial charge is 0.303 e. The third-order valence-corrected chi connectivity index (χ3v) is 3.41. The standard InChI is InChI=1S/C14H19NO3/c15-13(4-5-14(16)17)11-3-1-2-10(8-11)12-6-7-18-9-12/h1-3,8,12-13H,4-7,9,15H2,(H,16,17). The van der Waals surface area contributed by atoms with Crippen molar-refractivity contribution in [1.29, 1.82) is 0 Å². The number of carbonyl (C=O) groups is 1. The highest BCUT2D eigenvalue weighted by molar-refractivity contribution is 5.66. The topological polar surface area (TPSA) is 72.6 Å². The average Bonchev–Trinajstić information content (AvgIpc) is 2.90. The molecule has 98 valence electrons. The van der Waals surface area contributed by atoms with Crippen molar-refractivity contribution in [2.45, 2.75) is 31.2 Å². The summed E-state index contributed by atoms with van der Waals surface area (Å²) < 4.78 is 5.38. The zero-order valence-corrected chi connectivity index (χ0v) is 10.3. The van der Waals surface area contributed by atoms with Crippen LogP contribution < -0.4 is 5.73 Å². The van der Waals surface area contributed by atoms with Crippen molar-refractivity contribution in [3.05, 3.63) is 35.4 Å². The molecule has 1 aromatic rings. The van der Waals surface area contributed by atoms with Gasteiger partial charge in [0.15, 0.2) is 0 Å². The van der Waals surface area contributed by atoms with Crippen LogP contribution in [-0.4, -0.2) is 24.3 Å². The van der Waals surface area contributed by atoms with Crippen LogP contribution in [0.3, 0.4) is 0 Å². The summed E-state index contributed by atoms with van der Waals surface area (Å²) in [6.07, 6.45) is 1.63. The molecule has 2 unspecified atom stereocenters. The summed E-state index contributed by atoms with van der Waals surface area (Å²) in [6.45, 7) is 1.59. The quantitative estimate of drug-likeness (QED) is 0.837. The molecule has 1 aromatic carbocycles. The molecule has 0 radical (unpaired) electrons. The van der Waals surface area contributed by atoms with Crippen LogP contribution in [0.4, 0.5) is 0 Å². The molecular formula is C14H19NO3. The molecule has 0 aliphatic carbocycles. The van der Waals surface area contributed by atoms with E-state index in [1.165, 1.54) is 5.56 Å². The largest absolute Gasteiger partial charge is 0.481 e. The first-order valence-electron chi connectivity index (χ1n) is 6.32. The molecule has 4 nitrogen and oxygen atoms in total. The third kappa shape index (κ3) is 3.31. The van der Waals surface area contributed by atoms with Gasteiger partial charge in [-0.05, 0) is 24.0 Å². The van der Waals surface area contributed by atoms with E-state index >= 15 is 0 Å². The van der Waals surface area contributed by atoms with E-state index in [2.05, 4.69) is 12.1 Å². The number of rotatable bonds is 5. The van der Waals surface area contributed by atoms with E-state index in [0.29, 0.717) is 12.3 Å². The Labute approximate surface area is 107 Å². The Kier molecular flexibility index (Phi) is 4.33. The van der Waals surface area contributed by atoms with Crippen molar-refractivity contribution in [3.63, 3.8) is 0 Å². The number of carboxylic acid groups (broad SMARTS) is 1. The summed E-state index contributed by atoms with van der Waals surface area (Å²) in [6, 6.07) is 7.93. The first kappa shape index (κ1) is 13.1. The van der Waals surface area contributed by atoms with Crippen molar-refractivity contribution in [2.24, 2.45) is 5.73 Å². The van der Waals surface area contributed by atoms with Gasteiger partial charge < -0.3 is 15.6 Å². The van der Waals surface area contributed by atoms with Gasteiger partial charge in [0.05, 0.1) is 6.61 Å². The number of nitrogens with two attached hydrogens (primary N) is 1. The molecule has 2 atom stereocenters. The fraction of sp³-hybridized carbons (Fsp3) is 0.500. The third-order valence-electron chi connectivity index (χ3n) is 3.41. The maximum Gasteiger partial charge on any atom is 0.303 e. The SMILES string of the molecule is NC(CCC(=O)O)c1cccc(C2CCOC2)c1. The summed E-state index contributed by atoms with van der Waals surface area (Å²) in [5.41, 5.74) is 8.28. The van der Waals surface area contributed by atoms with Gasteiger partial charge in [-0.3, -0.25) is 4.79 Å². The highest BCUT2D eigenvalue weighted by Gasteiger charge is 2.18. The lowest BCUT2D eigenvalue weighted by molar-refractivity contribution is -0.137. The van der Waals surface area contributed by atoms with Crippen molar-refractivity contribution in [3.8, 4) is 0 Å². The van der Waals surface area contributed by atoms with E-state index in [9.17, 15) is 4.79 Å². The number of benzene rings is 1. The maximum absolute atomic E-state index is 10.5. The Morgan fingerprint density at radius 2 is 2.39 bits per heavy atom. The normalized spacial score (nSPS) is 20.8. The summed E-state index contributed by atoms with van der Waals surface area (Å²) >= 11 is 0. The molecule has 2 rings (SSSR count). The van der Waals surface area contributed by atoms with Crippen LogP contribution in [0.25, 0.3) is 0 Å². The predicted octanol–water partition coefficient (Wildman–Crippen LogP) is 2.06. The summed E-state index contributed by atoms with van der Waals surface area (Å²) in [5.74, 6) is -0.345. The van der Waals surface area contributed by atoms with E-state index in [-0.39, 0.29) is 12.5 Å². The summed E-state index contributed by atoms with van der Waals surface area (Å²) in [4.78, 5) is 10.5. The molecule has 3 N–H and O–H groups in total. The molecule has 0 saturated carbocycles. The minimum atomic E-state index is -0.800. The Balaban J connectivity index is 2.03. The molecule has 1 aliphatic rings. The minimum Gasteiger partial charge on any atom is -0.481 e. The number of hydrogen-bond donors (Lipinski definition) is 2. The molecule has 1 saturated heterocycles. The van der Waals surface area contributed by atoms with Crippen molar-refractivity contribution in [2.75, 3.05) is 13.2 Å². The highest BCUT2D eigenvalue weighted by atomic mass is 16.5. The van der Waals surface area contributed by atoms with Crippen LogP contribution in [0.2, 0.25) is 0 Å². The molecule has 18 heavy (non-hydrogen) atoms. The molecule has 0 bridgehead atoms. The van der Waals surface area contributed by atoms with Crippen LogP contribution in [-0.2, 0) is 9.53 Å². The molecule has 1 aliphatic heterocycles. The van der Waals surface area contributed by atoms with Crippen molar-refractivity contribution < 1.29 is 14.6 Å². The molecule has 0 spiro atoms. The van der Waals surface area contributed by atoms with E-state index in [1.54, 1.807) is 0 Å². The fourth-order valence-electron chi connectivity index (χ4n) is 2.29. The zero-order valence-electron chi connectivity index (χ0n) is 10.3. The number of carboxylic acids is 1. The lowest BCUT2D eigenvalue weighted by atomic mass is 9.94. The molecule has 1 fully saturated rings. The molecule has 0 amide bonds. The van der Waals surface area contributed by atoms with Gasteiger partial charge in [-0.15, -0.1) is 0 Å².